The fraction of sp³-hybridized carbons (Fsp3) is 0.412. The van der Waals surface area contributed by atoms with Crippen molar-refractivity contribution in [3.8, 4) is 0 Å². The molecule has 0 saturated heterocycles. The smallest absolute Gasteiger partial charge is 0.123 e. The summed E-state index contributed by atoms with van der Waals surface area (Å²) >= 11 is 0. The number of nitrogens with two attached hydrogens (primary N) is 1. The number of benzene rings is 1. The number of halogens is 1. The molecular weight excluding hydrogens is 267 g/mol. The highest BCUT2D eigenvalue weighted by atomic mass is 19.1. The first kappa shape index (κ1) is 15.7. The van der Waals surface area contributed by atoms with E-state index in [0.717, 1.165) is 23.5 Å². The van der Waals surface area contributed by atoms with Crippen molar-refractivity contribution in [2.45, 2.75) is 38.9 Å². The normalized spacial score (nSPS) is 14.4. The third-order valence-electron chi connectivity index (χ3n) is 3.76. The van der Waals surface area contributed by atoms with Gasteiger partial charge in [-0.15, -0.1) is 0 Å². The van der Waals surface area contributed by atoms with Gasteiger partial charge in [-0.3, -0.25) is 4.90 Å². The maximum Gasteiger partial charge on any atom is 0.123 e. The van der Waals surface area contributed by atoms with Gasteiger partial charge in [0.05, 0.1) is 12.6 Å². The van der Waals surface area contributed by atoms with Crippen molar-refractivity contribution < 1.29 is 8.81 Å². The van der Waals surface area contributed by atoms with Crippen molar-refractivity contribution in [3.05, 3.63) is 59.3 Å². The van der Waals surface area contributed by atoms with Crippen molar-refractivity contribution in [1.29, 1.82) is 0 Å². The summed E-state index contributed by atoms with van der Waals surface area (Å²) in [4.78, 5) is 2.15. The summed E-state index contributed by atoms with van der Waals surface area (Å²) in [6.07, 6.45) is 0.851. The van der Waals surface area contributed by atoms with E-state index in [4.69, 9.17) is 10.2 Å². The molecule has 0 fully saturated rings. The number of rotatable bonds is 6. The maximum absolute atomic E-state index is 13.1. The van der Waals surface area contributed by atoms with Gasteiger partial charge in [-0.2, -0.15) is 0 Å². The number of nitrogens with zero attached hydrogens (tertiary/aromatic N) is 1. The highest BCUT2D eigenvalue weighted by molar-refractivity contribution is 5.22. The predicted octanol–water partition coefficient (Wildman–Crippen LogP) is 3.64. The Morgan fingerprint density at radius 1 is 1.19 bits per heavy atom. The van der Waals surface area contributed by atoms with Crippen LogP contribution in [0.5, 0.6) is 0 Å². The lowest BCUT2D eigenvalue weighted by molar-refractivity contribution is 0.187. The van der Waals surface area contributed by atoms with Gasteiger partial charge in [-0.1, -0.05) is 19.1 Å². The molecule has 114 valence electrons. The van der Waals surface area contributed by atoms with Gasteiger partial charge in [-0.05, 0) is 50.2 Å². The van der Waals surface area contributed by atoms with Crippen LogP contribution in [0.2, 0.25) is 0 Å². The van der Waals surface area contributed by atoms with Crippen LogP contribution in [0.25, 0.3) is 0 Å². The van der Waals surface area contributed by atoms with Gasteiger partial charge in [0.15, 0.2) is 0 Å². The van der Waals surface area contributed by atoms with Crippen molar-refractivity contribution in [2.75, 3.05) is 7.05 Å². The molecule has 0 aliphatic heterocycles. The van der Waals surface area contributed by atoms with Crippen LogP contribution >= 0.6 is 0 Å². The third kappa shape index (κ3) is 3.93. The number of likely N-dealkylation sites (N-methyl/N-ethyl adjacent to an activating group) is 1. The molecule has 0 radical (unpaired) electrons. The SMILES string of the molecule is CCC(N)C(c1ccc(F)cc1)N(C)Cc1ccc(C)o1. The summed E-state index contributed by atoms with van der Waals surface area (Å²) < 4.78 is 18.8. The molecule has 2 N–H and O–H groups in total. The Labute approximate surface area is 125 Å². The molecule has 0 aliphatic rings. The monoisotopic (exact) mass is 290 g/mol. The van der Waals surface area contributed by atoms with Crippen LogP contribution in [-0.2, 0) is 6.54 Å². The van der Waals surface area contributed by atoms with Crippen molar-refractivity contribution in [3.63, 3.8) is 0 Å². The second kappa shape index (κ2) is 6.87. The molecule has 0 bridgehead atoms. The lowest BCUT2D eigenvalue weighted by Crippen LogP contribution is -2.38. The van der Waals surface area contributed by atoms with Crippen LogP contribution in [0.4, 0.5) is 4.39 Å². The van der Waals surface area contributed by atoms with Crippen molar-refractivity contribution in [2.24, 2.45) is 5.73 Å². The van der Waals surface area contributed by atoms with E-state index in [1.807, 2.05) is 26.1 Å². The van der Waals surface area contributed by atoms with Gasteiger partial charge < -0.3 is 10.2 Å². The summed E-state index contributed by atoms with van der Waals surface area (Å²) in [7, 11) is 2.02. The molecule has 0 aliphatic carbocycles. The van der Waals surface area contributed by atoms with E-state index < -0.39 is 0 Å². The summed E-state index contributed by atoms with van der Waals surface area (Å²) in [5.74, 6) is 1.58. The molecule has 0 saturated carbocycles. The topological polar surface area (TPSA) is 42.4 Å². The van der Waals surface area contributed by atoms with Gasteiger partial charge in [0.2, 0.25) is 0 Å². The van der Waals surface area contributed by atoms with Gasteiger partial charge in [0.1, 0.15) is 17.3 Å². The minimum absolute atomic E-state index is 0.0171. The Hall–Kier alpha value is -1.65. The van der Waals surface area contributed by atoms with E-state index in [-0.39, 0.29) is 17.9 Å². The molecule has 21 heavy (non-hydrogen) atoms. The predicted molar refractivity (Wildman–Crippen MR) is 82.3 cm³/mol. The number of hydrogen-bond donors (Lipinski definition) is 1. The molecule has 2 aromatic rings. The lowest BCUT2D eigenvalue weighted by Gasteiger charge is -2.32. The van der Waals surface area contributed by atoms with Crippen LogP contribution in [0.3, 0.4) is 0 Å². The second-order valence-electron chi connectivity index (χ2n) is 5.50. The first-order valence-corrected chi connectivity index (χ1v) is 7.28. The highest BCUT2D eigenvalue weighted by Gasteiger charge is 2.24. The average Bonchev–Trinajstić information content (AvgIpc) is 2.86. The first-order chi connectivity index (χ1) is 10.0. The molecule has 2 rings (SSSR count). The largest absolute Gasteiger partial charge is 0.465 e. The van der Waals surface area contributed by atoms with E-state index in [1.54, 1.807) is 12.1 Å². The van der Waals surface area contributed by atoms with Gasteiger partial charge in [-0.25, -0.2) is 4.39 Å². The first-order valence-electron chi connectivity index (χ1n) is 7.28. The standard InChI is InChI=1S/C17H23FN2O/c1-4-16(19)17(13-6-8-14(18)9-7-13)20(3)11-15-10-5-12(2)21-15/h5-10,16-17H,4,11,19H2,1-3H3. The van der Waals surface area contributed by atoms with Crippen LogP contribution in [0, 0.1) is 12.7 Å². The molecule has 0 amide bonds. The Balaban J connectivity index is 2.20. The molecule has 2 atom stereocenters. The van der Waals surface area contributed by atoms with E-state index in [9.17, 15) is 4.39 Å². The van der Waals surface area contributed by atoms with Crippen LogP contribution < -0.4 is 5.73 Å². The zero-order chi connectivity index (χ0) is 15.4. The number of hydrogen-bond acceptors (Lipinski definition) is 3. The Morgan fingerprint density at radius 3 is 2.38 bits per heavy atom. The molecule has 1 heterocycles. The Bertz CT molecular complexity index is 564. The van der Waals surface area contributed by atoms with E-state index in [0.29, 0.717) is 6.54 Å². The van der Waals surface area contributed by atoms with E-state index in [2.05, 4.69) is 11.8 Å². The number of aryl methyl sites for hydroxylation is 1. The minimum atomic E-state index is -0.230. The number of furan rings is 1. The molecule has 1 aromatic carbocycles. The van der Waals surface area contributed by atoms with Gasteiger partial charge in [0, 0.05) is 6.04 Å². The quantitative estimate of drug-likeness (QED) is 0.883. The molecule has 0 spiro atoms. The third-order valence-corrected chi connectivity index (χ3v) is 3.76. The summed E-state index contributed by atoms with van der Waals surface area (Å²) in [5.41, 5.74) is 7.31. The summed E-state index contributed by atoms with van der Waals surface area (Å²) in [6.45, 7) is 4.66. The fourth-order valence-electron chi connectivity index (χ4n) is 2.63. The highest BCUT2D eigenvalue weighted by Crippen LogP contribution is 2.26. The Morgan fingerprint density at radius 2 is 1.86 bits per heavy atom. The molecule has 1 aromatic heterocycles. The average molecular weight is 290 g/mol. The Kier molecular flexibility index (Phi) is 5.15. The van der Waals surface area contributed by atoms with Crippen LogP contribution in [0.15, 0.2) is 40.8 Å². The summed E-state index contributed by atoms with van der Waals surface area (Å²) in [5, 5.41) is 0. The van der Waals surface area contributed by atoms with E-state index >= 15 is 0 Å². The zero-order valence-corrected chi connectivity index (χ0v) is 12.8. The van der Waals surface area contributed by atoms with Crippen molar-refractivity contribution >= 4 is 0 Å². The maximum atomic E-state index is 13.1. The van der Waals surface area contributed by atoms with Gasteiger partial charge in [0.25, 0.3) is 0 Å². The van der Waals surface area contributed by atoms with E-state index in [1.165, 1.54) is 12.1 Å². The lowest BCUT2D eigenvalue weighted by atomic mass is 9.96. The van der Waals surface area contributed by atoms with Crippen molar-refractivity contribution in [1.82, 2.24) is 4.90 Å². The second-order valence-corrected chi connectivity index (χ2v) is 5.50. The van der Waals surface area contributed by atoms with Crippen LogP contribution in [-0.4, -0.2) is 18.0 Å². The fourth-order valence-corrected chi connectivity index (χ4v) is 2.63. The van der Waals surface area contributed by atoms with Gasteiger partial charge >= 0.3 is 0 Å². The molecular formula is C17H23FN2O. The molecule has 4 heteroatoms. The zero-order valence-electron chi connectivity index (χ0n) is 12.8. The summed E-state index contributed by atoms with van der Waals surface area (Å²) in [6, 6.07) is 10.5. The molecule has 3 nitrogen and oxygen atoms in total. The minimum Gasteiger partial charge on any atom is -0.465 e. The van der Waals surface area contributed by atoms with Crippen LogP contribution in [0.1, 0.15) is 36.5 Å². The molecule has 2 unspecified atom stereocenters.